The van der Waals surface area contributed by atoms with Crippen LogP contribution in [0.4, 0.5) is 0 Å². The Balaban J connectivity index is 2.13. The van der Waals surface area contributed by atoms with Gasteiger partial charge in [0.25, 0.3) is 0 Å². The van der Waals surface area contributed by atoms with Gasteiger partial charge in [0.1, 0.15) is 5.01 Å². The lowest BCUT2D eigenvalue weighted by atomic mass is 9.90. The number of aromatic nitrogens is 1. The van der Waals surface area contributed by atoms with Crippen molar-refractivity contribution in [2.45, 2.75) is 38.8 Å². The van der Waals surface area contributed by atoms with Gasteiger partial charge in [-0.25, -0.2) is 4.98 Å². The molecule has 16 heavy (non-hydrogen) atoms. The Morgan fingerprint density at radius 2 is 2.31 bits per heavy atom. The minimum Gasteiger partial charge on any atom is -0.327 e. The van der Waals surface area contributed by atoms with E-state index in [9.17, 15) is 0 Å². The molecule has 0 spiro atoms. The Morgan fingerprint density at radius 3 is 2.88 bits per heavy atom. The molecule has 0 bridgehead atoms. The molecule has 1 fully saturated rings. The van der Waals surface area contributed by atoms with E-state index in [1.165, 1.54) is 5.01 Å². The lowest BCUT2D eigenvalue weighted by molar-refractivity contribution is 0.0602. The quantitative estimate of drug-likeness (QED) is 0.859. The summed E-state index contributed by atoms with van der Waals surface area (Å²) in [5.41, 5.74) is 6.11. The molecule has 0 aliphatic carbocycles. The first-order chi connectivity index (χ1) is 7.51. The summed E-state index contributed by atoms with van der Waals surface area (Å²) in [6.07, 6.45) is 2.98. The van der Waals surface area contributed by atoms with E-state index in [0.29, 0.717) is 12.0 Å². The van der Waals surface area contributed by atoms with Gasteiger partial charge in [0.05, 0.1) is 5.54 Å². The predicted octanol–water partition coefficient (Wildman–Crippen LogP) is 2.05. The van der Waals surface area contributed by atoms with E-state index in [1.54, 1.807) is 11.3 Å². The van der Waals surface area contributed by atoms with E-state index in [-0.39, 0.29) is 5.54 Å². The highest BCUT2D eigenvalue weighted by molar-refractivity contribution is 7.09. The first kappa shape index (κ1) is 12.0. The summed E-state index contributed by atoms with van der Waals surface area (Å²) in [7, 11) is 0. The van der Waals surface area contributed by atoms with Crippen molar-refractivity contribution in [1.29, 1.82) is 0 Å². The standard InChI is InChI=1S/C12H21N3S/c1-9-8-15(6-4-10(9)13)12(2,3)11-14-5-7-16-11/h5,7,9-10H,4,6,8,13H2,1-3H3. The average Bonchev–Trinajstić information content (AvgIpc) is 2.75. The number of likely N-dealkylation sites (tertiary alicyclic amines) is 1. The fraction of sp³-hybridized carbons (Fsp3) is 0.750. The zero-order chi connectivity index (χ0) is 11.8. The van der Waals surface area contributed by atoms with Crippen molar-refractivity contribution in [2.75, 3.05) is 13.1 Å². The molecule has 1 aromatic heterocycles. The molecule has 1 aliphatic heterocycles. The van der Waals surface area contributed by atoms with Crippen LogP contribution in [-0.4, -0.2) is 29.0 Å². The van der Waals surface area contributed by atoms with Crippen molar-refractivity contribution in [3.05, 3.63) is 16.6 Å². The molecular weight excluding hydrogens is 218 g/mol. The molecule has 0 aromatic carbocycles. The fourth-order valence-electron chi connectivity index (χ4n) is 2.33. The van der Waals surface area contributed by atoms with Crippen LogP contribution in [0.5, 0.6) is 0 Å². The Hall–Kier alpha value is -0.450. The number of hydrogen-bond donors (Lipinski definition) is 1. The Kier molecular flexibility index (Phi) is 3.33. The van der Waals surface area contributed by atoms with Crippen LogP contribution in [0.25, 0.3) is 0 Å². The third-order valence-corrected chi connectivity index (χ3v) is 4.80. The molecule has 2 rings (SSSR count). The summed E-state index contributed by atoms with van der Waals surface area (Å²) in [4.78, 5) is 6.97. The molecule has 1 saturated heterocycles. The molecule has 0 radical (unpaired) electrons. The first-order valence-electron chi connectivity index (χ1n) is 5.92. The average molecular weight is 239 g/mol. The second kappa shape index (κ2) is 4.43. The maximum Gasteiger partial charge on any atom is 0.112 e. The second-order valence-electron chi connectivity index (χ2n) is 5.27. The van der Waals surface area contributed by atoms with Gasteiger partial charge in [-0.05, 0) is 26.2 Å². The molecule has 90 valence electrons. The summed E-state index contributed by atoms with van der Waals surface area (Å²) in [5.74, 6) is 0.577. The fourth-order valence-corrected chi connectivity index (χ4v) is 3.12. The minimum absolute atomic E-state index is 0.0442. The van der Waals surface area contributed by atoms with Crippen LogP contribution < -0.4 is 5.73 Å². The number of nitrogens with zero attached hydrogens (tertiary/aromatic N) is 2. The number of piperidine rings is 1. The summed E-state index contributed by atoms with van der Waals surface area (Å²) in [6, 6.07) is 0.364. The topological polar surface area (TPSA) is 42.2 Å². The Labute approximate surface area is 102 Å². The molecule has 4 heteroatoms. The van der Waals surface area contributed by atoms with Crippen molar-refractivity contribution < 1.29 is 0 Å². The predicted molar refractivity (Wildman–Crippen MR) is 68.5 cm³/mol. The third-order valence-electron chi connectivity index (χ3n) is 3.72. The number of nitrogens with two attached hydrogens (primary N) is 1. The van der Waals surface area contributed by atoms with Crippen molar-refractivity contribution in [2.24, 2.45) is 11.7 Å². The summed E-state index contributed by atoms with van der Waals surface area (Å²) in [5, 5.41) is 3.26. The minimum atomic E-state index is 0.0442. The molecule has 3 nitrogen and oxygen atoms in total. The van der Waals surface area contributed by atoms with Crippen LogP contribution in [0.15, 0.2) is 11.6 Å². The van der Waals surface area contributed by atoms with Crippen LogP contribution in [0, 0.1) is 5.92 Å². The van der Waals surface area contributed by atoms with Crippen LogP contribution in [0.2, 0.25) is 0 Å². The zero-order valence-corrected chi connectivity index (χ0v) is 11.1. The molecule has 1 aliphatic rings. The maximum atomic E-state index is 6.06. The normalized spacial score (nSPS) is 28.2. The van der Waals surface area contributed by atoms with Gasteiger partial charge < -0.3 is 5.73 Å². The van der Waals surface area contributed by atoms with Crippen molar-refractivity contribution in [1.82, 2.24) is 9.88 Å². The van der Waals surface area contributed by atoms with Gasteiger partial charge in [-0.15, -0.1) is 11.3 Å². The number of rotatable bonds is 2. The van der Waals surface area contributed by atoms with Gasteiger partial charge >= 0.3 is 0 Å². The maximum absolute atomic E-state index is 6.06. The smallest absolute Gasteiger partial charge is 0.112 e. The lowest BCUT2D eigenvalue weighted by Gasteiger charge is -2.43. The molecular formula is C12H21N3S. The Morgan fingerprint density at radius 1 is 1.56 bits per heavy atom. The van der Waals surface area contributed by atoms with E-state index >= 15 is 0 Å². The molecule has 0 amide bonds. The van der Waals surface area contributed by atoms with Gasteiger partial charge in [0.2, 0.25) is 0 Å². The molecule has 2 N–H and O–H groups in total. The van der Waals surface area contributed by atoms with Crippen molar-refractivity contribution >= 4 is 11.3 Å². The van der Waals surface area contributed by atoms with Gasteiger partial charge in [-0.3, -0.25) is 4.90 Å². The largest absolute Gasteiger partial charge is 0.327 e. The van der Waals surface area contributed by atoms with E-state index in [0.717, 1.165) is 19.5 Å². The van der Waals surface area contributed by atoms with Crippen molar-refractivity contribution in [3.63, 3.8) is 0 Å². The van der Waals surface area contributed by atoms with Gasteiger partial charge in [-0.2, -0.15) is 0 Å². The van der Waals surface area contributed by atoms with E-state index < -0.39 is 0 Å². The molecule has 1 aromatic rings. The number of hydrogen-bond acceptors (Lipinski definition) is 4. The van der Waals surface area contributed by atoms with Crippen LogP contribution in [0.3, 0.4) is 0 Å². The molecule has 2 heterocycles. The van der Waals surface area contributed by atoms with Crippen LogP contribution in [-0.2, 0) is 5.54 Å². The van der Waals surface area contributed by atoms with Gasteiger partial charge in [0.15, 0.2) is 0 Å². The number of thiazole rings is 1. The Bertz CT molecular complexity index is 334. The van der Waals surface area contributed by atoms with E-state index in [1.807, 2.05) is 6.20 Å². The summed E-state index contributed by atoms with van der Waals surface area (Å²) < 4.78 is 0. The second-order valence-corrected chi connectivity index (χ2v) is 6.17. The zero-order valence-electron chi connectivity index (χ0n) is 10.3. The van der Waals surface area contributed by atoms with Gasteiger partial charge in [-0.1, -0.05) is 6.92 Å². The van der Waals surface area contributed by atoms with Crippen LogP contribution in [0.1, 0.15) is 32.2 Å². The van der Waals surface area contributed by atoms with Crippen molar-refractivity contribution in [3.8, 4) is 0 Å². The highest BCUT2D eigenvalue weighted by Gasteiger charge is 2.35. The van der Waals surface area contributed by atoms with Crippen LogP contribution >= 0.6 is 11.3 Å². The summed E-state index contributed by atoms with van der Waals surface area (Å²) in [6.45, 7) is 8.92. The molecule has 0 saturated carbocycles. The first-order valence-corrected chi connectivity index (χ1v) is 6.80. The molecule has 2 atom stereocenters. The SMILES string of the molecule is CC1CN(C(C)(C)c2nccs2)CCC1N. The highest BCUT2D eigenvalue weighted by Crippen LogP contribution is 2.32. The van der Waals surface area contributed by atoms with E-state index in [2.05, 4.69) is 36.0 Å². The monoisotopic (exact) mass is 239 g/mol. The third kappa shape index (κ3) is 2.14. The van der Waals surface area contributed by atoms with E-state index in [4.69, 9.17) is 5.73 Å². The van der Waals surface area contributed by atoms with Gasteiger partial charge in [0, 0.05) is 30.7 Å². The summed E-state index contributed by atoms with van der Waals surface area (Å²) >= 11 is 1.74. The highest BCUT2D eigenvalue weighted by atomic mass is 32.1. The molecule has 2 unspecified atom stereocenters. The lowest BCUT2D eigenvalue weighted by Crippen LogP contribution is -2.52.